The molecule has 2 saturated carbocycles. The smallest absolute Gasteiger partial charge is 0.229 e. The lowest BCUT2D eigenvalue weighted by atomic mass is 9.94. The van der Waals surface area contributed by atoms with E-state index in [1.54, 1.807) is 6.07 Å². The second-order valence-electron chi connectivity index (χ2n) is 8.44. The van der Waals surface area contributed by atoms with Crippen LogP contribution in [0.3, 0.4) is 0 Å². The number of nitrogens with zero attached hydrogens (tertiary/aromatic N) is 1. The molecule has 1 atom stereocenters. The van der Waals surface area contributed by atoms with Crippen molar-refractivity contribution in [1.82, 2.24) is 9.71 Å². The Bertz CT molecular complexity index is 967. The number of thiazole rings is 1. The monoisotopic (exact) mass is 481 g/mol. The Morgan fingerprint density at radius 2 is 1.90 bits per heavy atom. The first-order valence-corrected chi connectivity index (χ1v) is 13.2. The van der Waals surface area contributed by atoms with Crippen LogP contribution >= 0.6 is 22.9 Å². The maximum Gasteiger partial charge on any atom is 0.229 e. The Morgan fingerprint density at radius 3 is 2.61 bits per heavy atom. The Labute approximate surface area is 194 Å². The van der Waals surface area contributed by atoms with Crippen molar-refractivity contribution < 1.29 is 14.1 Å². The summed E-state index contributed by atoms with van der Waals surface area (Å²) in [5.41, 5.74) is 1.70. The Hall–Kier alpha value is -1.32. The summed E-state index contributed by atoms with van der Waals surface area (Å²) in [6.45, 7) is 1.91. The summed E-state index contributed by atoms with van der Waals surface area (Å²) >= 11 is 7.79. The van der Waals surface area contributed by atoms with Crippen LogP contribution in [-0.2, 0) is 15.8 Å². The highest BCUT2D eigenvalue weighted by Gasteiger charge is 2.25. The van der Waals surface area contributed by atoms with Crippen LogP contribution in [-0.4, -0.2) is 32.4 Å². The average Bonchev–Trinajstić information content (AvgIpc) is 3.40. The van der Waals surface area contributed by atoms with Gasteiger partial charge >= 0.3 is 0 Å². The molecule has 3 N–H and O–H groups in total. The average molecular weight is 482 g/mol. The van der Waals surface area contributed by atoms with Gasteiger partial charge in [-0.05, 0) is 63.1 Å². The molecule has 1 heterocycles. The zero-order valence-corrected chi connectivity index (χ0v) is 19.9. The molecule has 1 unspecified atom stereocenters. The van der Waals surface area contributed by atoms with E-state index in [1.807, 2.05) is 19.1 Å². The van der Waals surface area contributed by atoms with E-state index in [1.165, 1.54) is 11.3 Å². The fourth-order valence-electron chi connectivity index (χ4n) is 4.31. The number of benzene rings is 1. The molecule has 1 aromatic carbocycles. The molecule has 2 aromatic rings. The fraction of sp³-hybridized carbons (Fsp3) is 0.545. The van der Waals surface area contributed by atoms with Gasteiger partial charge < -0.3 is 10.4 Å². The number of aliphatic hydroxyl groups is 1. The number of carbonyl (C=O) groups is 1. The van der Waals surface area contributed by atoms with E-state index in [2.05, 4.69) is 15.0 Å². The minimum Gasteiger partial charge on any atom is -0.393 e. The van der Waals surface area contributed by atoms with Crippen molar-refractivity contribution >= 4 is 45.0 Å². The molecule has 4 rings (SSSR count). The number of halogens is 1. The largest absolute Gasteiger partial charge is 0.393 e. The van der Waals surface area contributed by atoms with E-state index < -0.39 is 11.0 Å². The number of nitrogens with one attached hydrogen (secondary N) is 2. The van der Waals surface area contributed by atoms with Gasteiger partial charge in [0.1, 0.15) is 11.0 Å². The topological polar surface area (TPSA) is 91.3 Å². The number of hydrogen-bond donors (Lipinski definition) is 3. The number of anilines is 1. The molecule has 1 amide bonds. The molecule has 0 aliphatic heterocycles. The molecular formula is C22H28ClN3O3S2. The van der Waals surface area contributed by atoms with Gasteiger partial charge in [0.25, 0.3) is 0 Å². The Kier molecular flexibility index (Phi) is 7.44. The Morgan fingerprint density at radius 1 is 1.19 bits per heavy atom. The van der Waals surface area contributed by atoms with Crippen LogP contribution in [0.25, 0.3) is 10.4 Å². The van der Waals surface area contributed by atoms with Crippen LogP contribution in [0.4, 0.5) is 5.13 Å². The molecule has 0 saturated heterocycles. The van der Waals surface area contributed by atoms with Crippen molar-refractivity contribution in [2.75, 3.05) is 5.32 Å². The zero-order chi connectivity index (χ0) is 22.0. The van der Waals surface area contributed by atoms with Crippen molar-refractivity contribution in [3.05, 3.63) is 28.9 Å². The van der Waals surface area contributed by atoms with Gasteiger partial charge in [-0.25, -0.2) is 13.9 Å². The molecule has 1 aromatic heterocycles. The van der Waals surface area contributed by atoms with Gasteiger partial charge in [0, 0.05) is 12.0 Å². The maximum absolute atomic E-state index is 13.0. The van der Waals surface area contributed by atoms with Crippen molar-refractivity contribution in [3.8, 4) is 10.4 Å². The van der Waals surface area contributed by atoms with E-state index in [-0.39, 0.29) is 24.0 Å². The van der Waals surface area contributed by atoms with Gasteiger partial charge in [-0.1, -0.05) is 41.8 Å². The normalized spacial score (nSPS) is 23.1. The maximum atomic E-state index is 13.0. The van der Waals surface area contributed by atoms with E-state index in [4.69, 9.17) is 11.6 Å². The SMILES string of the molecule is Cc1nc(NC(=O)C2CCCC2)sc1-c1ccc(Cl)c(S(=O)NC2CCC(O)CC2)c1. The second-order valence-corrected chi connectivity index (χ2v) is 11.1. The van der Waals surface area contributed by atoms with Crippen LogP contribution in [0.5, 0.6) is 0 Å². The van der Waals surface area contributed by atoms with Gasteiger partial charge in [-0.3, -0.25) is 4.79 Å². The third-order valence-corrected chi connectivity index (χ3v) is 8.96. The molecular weight excluding hydrogens is 454 g/mol. The highest BCUT2D eigenvalue weighted by molar-refractivity contribution is 7.83. The first-order valence-electron chi connectivity index (χ1n) is 10.8. The molecule has 168 valence electrons. The summed E-state index contributed by atoms with van der Waals surface area (Å²) in [6.07, 6.45) is 6.89. The van der Waals surface area contributed by atoms with Crippen molar-refractivity contribution in [2.45, 2.75) is 75.3 Å². The summed E-state index contributed by atoms with van der Waals surface area (Å²) in [4.78, 5) is 18.4. The van der Waals surface area contributed by atoms with Crippen LogP contribution < -0.4 is 10.0 Å². The van der Waals surface area contributed by atoms with E-state index in [9.17, 15) is 14.1 Å². The summed E-state index contributed by atoms with van der Waals surface area (Å²) in [5.74, 6) is 0.140. The van der Waals surface area contributed by atoms with Crippen molar-refractivity contribution in [1.29, 1.82) is 0 Å². The summed E-state index contributed by atoms with van der Waals surface area (Å²) in [7, 11) is -1.45. The minimum absolute atomic E-state index is 0.0532. The highest BCUT2D eigenvalue weighted by Crippen LogP contribution is 2.36. The third kappa shape index (κ3) is 5.54. The molecule has 0 bridgehead atoms. The zero-order valence-electron chi connectivity index (χ0n) is 17.5. The van der Waals surface area contributed by atoms with Gasteiger partial charge in [0.15, 0.2) is 5.13 Å². The molecule has 0 radical (unpaired) electrons. The minimum atomic E-state index is -1.45. The van der Waals surface area contributed by atoms with Gasteiger partial charge in [0.05, 0.1) is 26.6 Å². The van der Waals surface area contributed by atoms with Crippen molar-refractivity contribution in [3.63, 3.8) is 0 Å². The van der Waals surface area contributed by atoms with Gasteiger partial charge in [-0.15, -0.1) is 0 Å². The number of rotatable bonds is 6. The number of aliphatic hydroxyl groups excluding tert-OH is 1. The number of hydrogen-bond acceptors (Lipinski definition) is 5. The van der Waals surface area contributed by atoms with Gasteiger partial charge in [-0.2, -0.15) is 0 Å². The molecule has 31 heavy (non-hydrogen) atoms. The molecule has 6 nitrogen and oxygen atoms in total. The third-order valence-electron chi connectivity index (χ3n) is 6.12. The summed E-state index contributed by atoms with van der Waals surface area (Å²) < 4.78 is 16.1. The van der Waals surface area contributed by atoms with Gasteiger partial charge in [0.2, 0.25) is 5.91 Å². The lowest BCUT2D eigenvalue weighted by Gasteiger charge is -2.25. The Balaban J connectivity index is 1.49. The second kappa shape index (κ2) is 10.1. The van der Waals surface area contributed by atoms with E-state index >= 15 is 0 Å². The summed E-state index contributed by atoms with van der Waals surface area (Å²) in [6, 6.07) is 5.59. The van der Waals surface area contributed by atoms with E-state index in [0.29, 0.717) is 15.0 Å². The highest BCUT2D eigenvalue weighted by atomic mass is 35.5. The first-order chi connectivity index (χ1) is 14.9. The number of amides is 1. The molecule has 0 spiro atoms. The standard InChI is InChI=1S/C22H28ClN3O3S2/c1-13-20(30-22(24-13)25-21(28)14-4-2-3-5-14)15-6-11-18(23)19(12-15)31(29)26-16-7-9-17(27)10-8-16/h6,11-12,14,16-17,26-27H,2-5,7-10H2,1H3,(H,24,25,28). The van der Waals surface area contributed by atoms with Crippen LogP contribution in [0.15, 0.2) is 23.1 Å². The first kappa shape index (κ1) is 22.9. The molecule has 2 aliphatic carbocycles. The molecule has 2 aliphatic rings. The fourth-order valence-corrected chi connectivity index (χ4v) is 6.75. The predicted octanol–water partition coefficient (Wildman–Crippen LogP) is 4.82. The molecule has 2 fully saturated rings. The summed E-state index contributed by atoms with van der Waals surface area (Å²) in [5, 5.41) is 13.7. The number of aromatic nitrogens is 1. The van der Waals surface area contributed by atoms with Crippen LogP contribution in [0.1, 0.15) is 57.1 Å². The van der Waals surface area contributed by atoms with E-state index in [0.717, 1.165) is 67.5 Å². The van der Waals surface area contributed by atoms with Crippen molar-refractivity contribution in [2.24, 2.45) is 5.92 Å². The quantitative estimate of drug-likeness (QED) is 0.551. The lowest BCUT2D eigenvalue weighted by Crippen LogP contribution is -2.35. The van der Waals surface area contributed by atoms with Crippen LogP contribution in [0, 0.1) is 12.8 Å². The lowest BCUT2D eigenvalue weighted by molar-refractivity contribution is -0.119. The van der Waals surface area contributed by atoms with Crippen LogP contribution in [0.2, 0.25) is 5.02 Å². The predicted molar refractivity (Wildman–Crippen MR) is 126 cm³/mol. The number of aryl methyl sites for hydroxylation is 1. The molecule has 9 heteroatoms. The number of carbonyl (C=O) groups excluding carboxylic acids is 1.